The lowest BCUT2D eigenvalue weighted by molar-refractivity contribution is -0.134. The molecule has 0 saturated carbocycles. The first-order chi connectivity index (χ1) is 13.3. The molecule has 0 aliphatic carbocycles. The number of carbonyl (C=O) groups excluding carboxylic acids is 2. The van der Waals surface area contributed by atoms with Crippen molar-refractivity contribution in [2.75, 3.05) is 13.2 Å². The predicted molar refractivity (Wildman–Crippen MR) is 101 cm³/mol. The van der Waals surface area contributed by atoms with Gasteiger partial charge in [-0.05, 0) is 25.0 Å². The van der Waals surface area contributed by atoms with Crippen LogP contribution in [0.1, 0.15) is 60.2 Å². The number of hydrogen-bond donors (Lipinski definition) is 2. The van der Waals surface area contributed by atoms with Crippen molar-refractivity contribution in [2.45, 2.75) is 39.5 Å². The molecule has 0 unspecified atom stereocenters. The molecule has 154 valence electrons. The Labute approximate surface area is 163 Å². The standard InChI is InChI=1S/C16H22O4.C4H4O4/c1-3-5-11-19-15(17)13-9-7-8-10-14(13)16(18)20-12-6-4-2;5-3(6)1-2-4(7)8/h7-10H,3-6,11-12H2,1-2H3;1-2H,(H,5,6)(H,7,8). The number of unbranched alkanes of at least 4 members (excludes halogenated alkanes) is 2. The van der Waals surface area contributed by atoms with Gasteiger partial charge in [-0.2, -0.15) is 0 Å². The number of carbonyl (C=O) groups is 4. The molecule has 28 heavy (non-hydrogen) atoms. The van der Waals surface area contributed by atoms with Crippen LogP contribution in [-0.4, -0.2) is 47.3 Å². The molecule has 0 spiro atoms. The Balaban J connectivity index is 0.000000769. The number of benzene rings is 1. The Morgan fingerprint density at radius 1 is 0.786 bits per heavy atom. The fourth-order valence-electron chi connectivity index (χ4n) is 1.76. The predicted octanol–water partition coefficient (Wildman–Crippen LogP) is 3.31. The number of esters is 2. The number of rotatable bonds is 10. The van der Waals surface area contributed by atoms with Crippen LogP contribution in [0, 0.1) is 0 Å². The SMILES string of the molecule is CCCCOC(=O)c1ccccc1C(=O)OCCCC.O=C(O)C=CC(=O)O. The molecule has 0 radical (unpaired) electrons. The highest BCUT2D eigenvalue weighted by Gasteiger charge is 2.18. The minimum absolute atomic E-state index is 0.269. The summed E-state index contributed by atoms with van der Waals surface area (Å²) in [5, 5.41) is 15.6. The second kappa shape index (κ2) is 15.0. The molecule has 1 aromatic carbocycles. The summed E-state index contributed by atoms with van der Waals surface area (Å²) in [5.74, 6) is -3.46. The Kier molecular flexibility index (Phi) is 13.3. The molecule has 0 saturated heterocycles. The average molecular weight is 394 g/mol. The van der Waals surface area contributed by atoms with Gasteiger partial charge in [0.1, 0.15) is 0 Å². The van der Waals surface area contributed by atoms with Gasteiger partial charge in [-0.3, -0.25) is 0 Å². The molecule has 8 nitrogen and oxygen atoms in total. The van der Waals surface area contributed by atoms with Crippen molar-refractivity contribution < 1.29 is 38.9 Å². The maximum Gasteiger partial charge on any atom is 0.339 e. The monoisotopic (exact) mass is 394 g/mol. The van der Waals surface area contributed by atoms with Crippen LogP contribution < -0.4 is 0 Å². The first kappa shape index (κ1) is 24.8. The molecule has 0 aromatic heterocycles. The summed E-state index contributed by atoms with van der Waals surface area (Å²) in [5.41, 5.74) is 0.537. The second-order valence-electron chi connectivity index (χ2n) is 5.53. The van der Waals surface area contributed by atoms with Crippen LogP contribution in [0.15, 0.2) is 36.4 Å². The van der Waals surface area contributed by atoms with Gasteiger partial charge in [-0.1, -0.05) is 38.8 Å². The Morgan fingerprint density at radius 2 is 1.14 bits per heavy atom. The smallest absolute Gasteiger partial charge is 0.339 e. The summed E-state index contributed by atoms with van der Waals surface area (Å²) in [6.45, 7) is 4.78. The first-order valence-electron chi connectivity index (χ1n) is 8.90. The van der Waals surface area contributed by atoms with Crippen molar-refractivity contribution in [1.82, 2.24) is 0 Å². The molecule has 1 rings (SSSR count). The second-order valence-corrected chi connectivity index (χ2v) is 5.53. The highest BCUT2D eigenvalue weighted by molar-refractivity contribution is 6.03. The molecule has 0 aliphatic heterocycles. The summed E-state index contributed by atoms with van der Waals surface area (Å²) in [6, 6.07) is 6.59. The normalized spacial score (nSPS) is 9.93. The third kappa shape index (κ3) is 11.5. The van der Waals surface area contributed by atoms with E-state index >= 15 is 0 Å². The lowest BCUT2D eigenvalue weighted by atomic mass is 10.1. The van der Waals surface area contributed by atoms with Gasteiger partial charge >= 0.3 is 23.9 Å². The van der Waals surface area contributed by atoms with Crippen LogP contribution in [-0.2, 0) is 19.1 Å². The first-order valence-corrected chi connectivity index (χ1v) is 8.90. The fourth-order valence-corrected chi connectivity index (χ4v) is 1.76. The zero-order chi connectivity index (χ0) is 21.4. The molecule has 0 aliphatic rings. The van der Waals surface area contributed by atoms with Gasteiger partial charge in [0.05, 0.1) is 24.3 Å². The van der Waals surface area contributed by atoms with Crippen molar-refractivity contribution in [3.8, 4) is 0 Å². The topological polar surface area (TPSA) is 127 Å². The quantitative estimate of drug-likeness (QED) is 0.351. The van der Waals surface area contributed by atoms with Crippen molar-refractivity contribution >= 4 is 23.9 Å². The summed E-state index contributed by atoms with van der Waals surface area (Å²) in [4.78, 5) is 43.0. The van der Waals surface area contributed by atoms with E-state index in [1.807, 2.05) is 13.8 Å². The molecule has 1 aromatic rings. The van der Waals surface area contributed by atoms with Crippen LogP contribution >= 0.6 is 0 Å². The molecule has 0 heterocycles. The van der Waals surface area contributed by atoms with E-state index in [0.717, 1.165) is 25.7 Å². The molecule has 8 heteroatoms. The largest absolute Gasteiger partial charge is 0.478 e. The van der Waals surface area contributed by atoms with E-state index in [2.05, 4.69) is 0 Å². The number of carboxylic acid groups (broad SMARTS) is 2. The Morgan fingerprint density at radius 3 is 1.43 bits per heavy atom. The summed E-state index contributed by atoms with van der Waals surface area (Å²) >= 11 is 0. The average Bonchev–Trinajstić information content (AvgIpc) is 2.67. The molecular weight excluding hydrogens is 368 g/mol. The third-order valence-corrected chi connectivity index (χ3v) is 3.20. The van der Waals surface area contributed by atoms with Gasteiger partial charge in [-0.15, -0.1) is 0 Å². The maximum absolute atomic E-state index is 11.9. The van der Waals surface area contributed by atoms with Crippen LogP contribution in [0.5, 0.6) is 0 Å². The Hall–Kier alpha value is -3.16. The minimum atomic E-state index is -1.26. The van der Waals surface area contributed by atoms with Crippen molar-refractivity contribution in [3.05, 3.63) is 47.5 Å². The van der Waals surface area contributed by atoms with E-state index in [1.165, 1.54) is 0 Å². The van der Waals surface area contributed by atoms with E-state index in [-0.39, 0.29) is 11.1 Å². The van der Waals surface area contributed by atoms with E-state index in [9.17, 15) is 19.2 Å². The van der Waals surface area contributed by atoms with Gasteiger partial charge < -0.3 is 19.7 Å². The van der Waals surface area contributed by atoms with E-state index in [4.69, 9.17) is 19.7 Å². The molecule has 0 fully saturated rings. The number of hydrogen-bond acceptors (Lipinski definition) is 6. The minimum Gasteiger partial charge on any atom is -0.478 e. The van der Waals surface area contributed by atoms with Crippen molar-refractivity contribution in [1.29, 1.82) is 0 Å². The highest BCUT2D eigenvalue weighted by Crippen LogP contribution is 2.12. The number of ether oxygens (including phenoxy) is 2. The van der Waals surface area contributed by atoms with Crippen LogP contribution in [0.2, 0.25) is 0 Å². The third-order valence-electron chi connectivity index (χ3n) is 3.20. The van der Waals surface area contributed by atoms with Crippen molar-refractivity contribution in [3.63, 3.8) is 0 Å². The maximum atomic E-state index is 11.9. The molecule has 0 bridgehead atoms. The van der Waals surface area contributed by atoms with Crippen LogP contribution in [0.4, 0.5) is 0 Å². The van der Waals surface area contributed by atoms with Crippen molar-refractivity contribution in [2.24, 2.45) is 0 Å². The zero-order valence-electron chi connectivity index (χ0n) is 16.1. The van der Waals surface area contributed by atoms with E-state index in [0.29, 0.717) is 25.4 Å². The Bertz CT molecular complexity index is 622. The van der Waals surface area contributed by atoms with Crippen LogP contribution in [0.3, 0.4) is 0 Å². The lowest BCUT2D eigenvalue weighted by Gasteiger charge is -2.09. The zero-order valence-corrected chi connectivity index (χ0v) is 16.1. The number of aliphatic carboxylic acids is 2. The molecule has 0 amide bonds. The highest BCUT2D eigenvalue weighted by atomic mass is 16.5. The number of carboxylic acids is 2. The van der Waals surface area contributed by atoms with Crippen LogP contribution in [0.25, 0.3) is 0 Å². The van der Waals surface area contributed by atoms with Gasteiger partial charge in [0.15, 0.2) is 0 Å². The molecule has 0 atom stereocenters. The summed E-state index contributed by atoms with van der Waals surface area (Å²) < 4.78 is 10.3. The fraction of sp³-hybridized carbons (Fsp3) is 0.400. The van der Waals surface area contributed by atoms with Gasteiger partial charge in [0.2, 0.25) is 0 Å². The lowest BCUT2D eigenvalue weighted by Crippen LogP contribution is -2.14. The molecular formula is C20H26O8. The van der Waals surface area contributed by atoms with E-state index in [1.54, 1.807) is 24.3 Å². The van der Waals surface area contributed by atoms with Gasteiger partial charge in [-0.25, -0.2) is 19.2 Å². The molecule has 2 N–H and O–H groups in total. The van der Waals surface area contributed by atoms with Gasteiger partial charge in [0, 0.05) is 12.2 Å². The summed E-state index contributed by atoms with van der Waals surface area (Å²) in [7, 11) is 0. The summed E-state index contributed by atoms with van der Waals surface area (Å²) in [6.07, 6.45) is 4.65. The van der Waals surface area contributed by atoms with E-state index < -0.39 is 23.9 Å². The van der Waals surface area contributed by atoms with Gasteiger partial charge in [0.25, 0.3) is 0 Å².